The van der Waals surface area contributed by atoms with Gasteiger partial charge in [-0.15, -0.1) is 0 Å². The lowest BCUT2D eigenvalue weighted by Gasteiger charge is -2.09. The first-order valence-corrected chi connectivity index (χ1v) is 6.20. The smallest absolute Gasteiger partial charge is 0.258 e. The van der Waals surface area contributed by atoms with Gasteiger partial charge in [0.2, 0.25) is 0 Å². The quantitative estimate of drug-likeness (QED) is 0.832. The number of carbonyl (C=O) groups excluding carboxylic acids is 1. The van der Waals surface area contributed by atoms with Gasteiger partial charge in [-0.3, -0.25) is 4.79 Å². The summed E-state index contributed by atoms with van der Waals surface area (Å²) in [6, 6.07) is 6.88. The monoisotopic (exact) mass is 318 g/mol. The van der Waals surface area contributed by atoms with Gasteiger partial charge in [0.25, 0.3) is 5.91 Å². The molecule has 1 amide bonds. The third kappa shape index (κ3) is 3.15. The molecule has 1 N–H and O–H groups in total. The molecule has 0 fully saturated rings. The van der Waals surface area contributed by atoms with Gasteiger partial charge < -0.3 is 5.32 Å². The van der Waals surface area contributed by atoms with Crippen molar-refractivity contribution in [1.29, 1.82) is 0 Å². The van der Waals surface area contributed by atoms with E-state index in [4.69, 9.17) is 34.8 Å². The minimum absolute atomic E-state index is 0.0718. The lowest BCUT2D eigenvalue weighted by molar-refractivity contribution is 0.102. The summed E-state index contributed by atoms with van der Waals surface area (Å²) in [5.74, 6) is -1.26. The molecule has 1 aromatic carbocycles. The number of hydrogen-bond donors (Lipinski definition) is 1. The Morgan fingerprint density at radius 2 is 1.89 bits per heavy atom. The van der Waals surface area contributed by atoms with Crippen LogP contribution in [0, 0.1) is 5.82 Å². The van der Waals surface area contributed by atoms with Crippen LogP contribution in [0.4, 0.5) is 10.1 Å². The molecule has 3 nitrogen and oxygen atoms in total. The predicted octanol–water partition coefficient (Wildman–Crippen LogP) is 4.43. The van der Waals surface area contributed by atoms with Crippen LogP contribution in [0.15, 0.2) is 30.3 Å². The van der Waals surface area contributed by atoms with Crippen molar-refractivity contribution < 1.29 is 9.18 Å². The molecule has 0 atom stereocenters. The highest BCUT2D eigenvalue weighted by Gasteiger charge is 2.15. The van der Waals surface area contributed by atoms with Crippen LogP contribution in [0.5, 0.6) is 0 Å². The molecule has 0 saturated heterocycles. The van der Waals surface area contributed by atoms with Crippen molar-refractivity contribution in [3.63, 3.8) is 0 Å². The summed E-state index contributed by atoms with van der Waals surface area (Å²) >= 11 is 17.2. The van der Waals surface area contributed by atoms with E-state index < -0.39 is 11.7 Å². The van der Waals surface area contributed by atoms with E-state index in [1.54, 1.807) is 0 Å². The maximum atomic E-state index is 13.5. The van der Waals surface area contributed by atoms with Crippen molar-refractivity contribution >= 4 is 46.4 Å². The molecule has 0 unspecified atom stereocenters. The van der Waals surface area contributed by atoms with Crippen LogP contribution in [-0.4, -0.2) is 10.9 Å². The van der Waals surface area contributed by atoms with E-state index in [0.717, 1.165) is 0 Å². The number of hydrogen-bond acceptors (Lipinski definition) is 2. The minimum atomic E-state index is -0.640. The van der Waals surface area contributed by atoms with Crippen molar-refractivity contribution in [2.24, 2.45) is 0 Å². The molecule has 2 aromatic rings. The Bertz CT molecular complexity index is 629. The van der Waals surface area contributed by atoms with Crippen molar-refractivity contribution in [3.8, 4) is 0 Å². The molecule has 2 rings (SSSR count). The Morgan fingerprint density at radius 3 is 2.53 bits per heavy atom. The molecule has 19 heavy (non-hydrogen) atoms. The number of anilines is 1. The van der Waals surface area contributed by atoms with Gasteiger partial charge in [0.05, 0.1) is 16.3 Å². The van der Waals surface area contributed by atoms with Crippen LogP contribution < -0.4 is 5.32 Å². The van der Waals surface area contributed by atoms with Crippen LogP contribution >= 0.6 is 34.8 Å². The molecule has 0 spiro atoms. The highest BCUT2D eigenvalue weighted by Crippen LogP contribution is 2.26. The molecule has 0 saturated carbocycles. The average Bonchev–Trinajstić information content (AvgIpc) is 2.33. The lowest BCUT2D eigenvalue weighted by Crippen LogP contribution is -2.14. The molecule has 0 aliphatic rings. The van der Waals surface area contributed by atoms with E-state index in [9.17, 15) is 9.18 Å². The summed E-state index contributed by atoms with van der Waals surface area (Å²) in [4.78, 5) is 15.7. The van der Waals surface area contributed by atoms with Crippen molar-refractivity contribution in [1.82, 2.24) is 4.98 Å². The number of aromatic nitrogens is 1. The summed E-state index contributed by atoms with van der Waals surface area (Å²) in [5.41, 5.74) is -0.0365. The van der Waals surface area contributed by atoms with E-state index in [-0.39, 0.29) is 26.6 Å². The zero-order valence-electron chi connectivity index (χ0n) is 9.25. The summed E-state index contributed by atoms with van der Waals surface area (Å²) in [6.07, 6.45) is 0. The van der Waals surface area contributed by atoms with E-state index >= 15 is 0 Å². The summed E-state index contributed by atoms with van der Waals surface area (Å²) in [5, 5.41) is 2.52. The van der Waals surface area contributed by atoms with Gasteiger partial charge in [-0.2, -0.15) is 0 Å². The van der Waals surface area contributed by atoms with Crippen molar-refractivity contribution in [2.45, 2.75) is 0 Å². The standard InChI is InChI=1S/C12H6Cl3FN2O/c13-7-2-1-3-8(16)10(7)18-12(19)6-4-5-9(14)17-11(6)15/h1-5H,(H,18,19). The van der Waals surface area contributed by atoms with Gasteiger partial charge in [-0.05, 0) is 24.3 Å². The molecular weight excluding hydrogens is 314 g/mol. The normalized spacial score (nSPS) is 10.3. The number of pyridine rings is 1. The molecule has 0 radical (unpaired) electrons. The van der Waals surface area contributed by atoms with Crippen LogP contribution in [0.1, 0.15) is 10.4 Å². The number of benzene rings is 1. The summed E-state index contributed by atoms with van der Waals surface area (Å²) < 4.78 is 13.5. The van der Waals surface area contributed by atoms with Crippen LogP contribution in [0.2, 0.25) is 15.3 Å². The van der Waals surface area contributed by atoms with Crippen molar-refractivity contribution in [3.05, 3.63) is 57.0 Å². The first-order chi connectivity index (χ1) is 8.99. The van der Waals surface area contributed by atoms with E-state index in [1.807, 2.05) is 0 Å². The zero-order chi connectivity index (χ0) is 14.0. The van der Waals surface area contributed by atoms with E-state index in [2.05, 4.69) is 10.3 Å². The average molecular weight is 320 g/mol. The van der Waals surface area contributed by atoms with Crippen LogP contribution in [-0.2, 0) is 0 Å². The van der Waals surface area contributed by atoms with Crippen LogP contribution in [0.3, 0.4) is 0 Å². The highest BCUT2D eigenvalue weighted by atomic mass is 35.5. The third-order valence-electron chi connectivity index (χ3n) is 2.26. The molecular formula is C12H6Cl3FN2O. The minimum Gasteiger partial charge on any atom is -0.318 e. The van der Waals surface area contributed by atoms with E-state index in [1.165, 1.54) is 30.3 Å². The number of para-hydroxylation sites is 1. The Kier molecular flexibility index (Phi) is 4.24. The fourth-order valence-corrected chi connectivity index (χ4v) is 2.02. The second-order valence-electron chi connectivity index (χ2n) is 3.52. The summed E-state index contributed by atoms with van der Waals surface area (Å²) in [6.45, 7) is 0. The Morgan fingerprint density at radius 1 is 1.16 bits per heavy atom. The lowest BCUT2D eigenvalue weighted by atomic mass is 10.2. The maximum Gasteiger partial charge on any atom is 0.258 e. The van der Waals surface area contributed by atoms with Gasteiger partial charge in [-0.25, -0.2) is 9.37 Å². The maximum absolute atomic E-state index is 13.5. The van der Waals surface area contributed by atoms with Gasteiger partial charge in [0, 0.05) is 0 Å². The topological polar surface area (TPSA) is 42.0 Å². The van der Waals surface area contributed by atoms with E-state index in [0.29, 0.717) is 0 Å². The second-order valence-corrected chi connectivity index (χ2v) is 4.68. The van der Waals surface area contributed by atoms with Gasteiger partial charge in [-0.1, -0.05) is 40.9 Å². The molecule has 98 valence electrons. The number of nitrogens with zero attached hydrogens (tertiary/aromatic N) is 1. The van der Waals surface area contributed by atoms with Gasteiger partial charge >= 0.3 is 0 Å². The van der Waals surface area contributed by atoms with Crippen molar-refractivity contribution in [2.75, 3.05) is 5.32 Å². The van der Waals surface area contributed by atoms with Gasteiger partial charge in [0.15, 0.2) is 0 Å². The van der Waals surface area contributed by atoms with Crippen LogP contribution in [0.25, 0.3) is 0 Å². The third-order valence-corrected chi connectivity index (χ3v) is 3.07. The SMILES string of the molecule is O=C(Nc1c(F)cccc1Cl)c1ccc(Cl)nc1Cl. The molecule has 1 aromatic heterocycles. The molecule has 7 heteroatoms. The number of nitrogens with one attached hydrogen (secondary N) is 1. The Balaban J connectivity index is 2.31. The summed E-state index contributed by atoms with van der Waals surface area (Å²) in [7, 11) is 0. The van der Waals surface area contributed by atoms with Gasteiger partial charge in [0.1, 0.15) is 16.1 Å². The first-order valence-electron chi connectivity index (χ1n) is 5.06. The number of rotatable bonds is 2. The Hall–Kier alpha value is -1.36. The molecule has 0 aliphatic heterocycles. The molecule has 1 heterocycles. The molecule has 0 aliphatic carbocycles. The zero-order valence-corrected chi connectivity index (χ0v) is 11.5. The largest absolute Gasteiger partial charge is 0.318 e. The number of amides is 1. The number of carbonyl (C=O) groups is 1. The fourth-order valence-electron chi connectivity index (χ4n) is 1.38. The first kappa shape index (κ1) is 14.1. The second kappa shape index (κ2) is 5.74. The molecule has 0 bridgehead atoms. The fraction of sp³-hybridized carbons (Fsp3) is 0. The number of halogens is 4. The highest BCUT2D eigenvalue weighted by molar-refractivity contribution is 6.36. The Labute approximate surface area is 123 Å². The predicted molar refractivity (Wildman–Crippen MR) is 73.6 cm³/mol.